The highest BCUT2D eigenvalue weighted by molar-refractivity contribution is 5.71. The Hall–Kier alpha value is -1.10. The Balaban J connectivity index is 1.46. The number of esters is 2. The van der Waals surface area contributed by atoms with Crippen molar-refractivity contribution in [2.45, 2.75) is 98.7 Å². The second kappa shape index (κ2) is 9.27. The molecule has 0 N–H and O–H groups in total. The zero-order chi connectivity index (χ0) is 23.9. The number of hydrogen-bond acceptors (Lipinski definition) is 4. The zero-order valence-corrected chi connectivity index (χ0v) is 21.9. The third-order valence-corrected chi connectivity index (χ3v) is 9.71. The van der Waals surface area contributed by atoms with Gasteiger partial charge in [-0.05, 0) is 61.2 Å². The monoisotopic (exact) mass is 450 g/mol. The van der Waals surface area contributed by atoms with Crippen molar-refractivity contribution in [3.05, 3.63) is 0 Å². The third kappa shape index (κ3) is 5.18. The molecule has 0 spiro atoms. The Kier molecular flexibility index (Phi) is 7.39. The highest BCUT2D eigenvalue weighted by Crippen LogP contribution is 2.66. The van der Waals surface area contributed by atoms with E-state index in [0.29, 0.717) is 47.7 Å². The van der Waals surface area contributed by atoms with E-state index in [1.54, 1.807) is 0 Å². The number of hydrogen-bond donors (Lipinski definition) is 0. The maximum Gasteiger partial charge on any atom is 0.362 e. The minimum absolute atomic E-state index is 0.0260. The van der Waals surface area contributed by atoms with Crippen molar-refractivity contribution in [1.82, 2.24) is 0 Å². The number of quaternary nitrogens is 1. The fourth-order valence-corrected chi connectivity index (χ4v) is 6.80. The van der Waals surface area contributed by atoms with Crippen molar-refractivity contribution in [2.24, 2.45) is 34.5 Å². The van der Waals surface area contributed by atoms with Crippen molar-refractivity contribution in [3.63, 3.8) is 0 Å². The van der Waals surface area contributed by atoms with Crippen molar-refractivity contribution < 1.29 is 23.5 Å². The van der Waals surface area contributed by atoms with Crippen molar-refractivity contribution in [2.75, 3.05) is 27.2 Å². The largest absolute Gasteiger partial charge is 0.462 e. The van der Waals surface area contributed by atoms with Gasteiger partial charge in [0.15, 0.2) is 6.54 Å². The molecule has 3 aliphatic rings. The first-order chi connectivity index (χ1) is 14.7. The minimum Gasteiger partial charge on any atom is -0.462 e. The van der Waals surface area contributed by atoms with Gasteiger partial charge in [0.25, 0.3) is 0 Å². The van der Waals surface area contributed by atoms with Crippen LogP contribution < -0.4 is 0 Å². The number of carbonyl (C=O) groups excluding carboxylic acids is 2. The van der Waals surface area contributed by atoms with Crippen LogP contribution in [0.2, 0.25) is 0 Å². The molecule has 0 heterocycles. The van der Waals surface area contributed by atoms with Crippen LogP contribution in [0, 0.1) is 34.5 Å². The maximum atomic E-state index is 12.8. The fraction of sp³-hybridized carbons (Fsp3) is 0.926. The van der Waals surface area contributed by atoms with Gasteiger partial charge in [-0.2, -0.15) is 0 Å². The highest BCUT2D eigenvalue weighted by Gasteiger charge is 2.62. The lowest BCUT2D eigenvalue weighted by Gasteiger charge is -2.38. The molecule has 3 fully saturated rings. The predicted octanol–water partition coefficient (Wildman–Crippen LogP) is 5.21. The van der Waals surface area contributed by atoms with Crippen molar-refractivity contribution in [1.29, 1.82) is 0 Å². The van der Waals surface area contributed by atoms with E-state index in [2.05, 4.69) is 41.5 Å². The van der Waals surface area contributed by atoms with Crippen LogP contribution in [-0.2, 0) is 19.1 Å². The molecule has 6 unspecified atom stereocenters. The summed E-state index contributed by atoms with van der Waals surface area (Å²) in [5.74, 6) is 1.97. The standard InChI is InChI=1S/C27H48NO4/c1-18(2)21-10-9-19(3)15-22(21)31-25(30)17-28(7,8)14-12-24(29)32-23-16-20-11-13-27(23,6)26(20,4)5/h18-23H,9-17H2,1-8H3/q+1. The minimum atomic E-state index is -0.143. The van der Waals surface area contributed by atoms with E-state index in [1.165, 1.54) is 12.8 Å². The molecule has 3 saturated carbocycles. The first-order valence-electron chi connectivity index (χ1n) is 13.0. The first kappa shape index (κ1) is 25.5. The van der Waals surface area contributed by atoms with Gasteiger partial charge in [-0.15, -0.1) is 0 Å². The van der Waals surface area contributed by atoms with Crippen LogP contribution in [-0.4, -0.2) is 55.8 Å². The van der Waals surface area contributed by atoms with Gasteiger partial charge >= 0.3 is 11.9 Å². The molecule has 2 bridgehead atoms. The number of likely N-dealkylation sites (N-methyl/N-ethyl adjacent to an activating group) is 1. The predicted molar refractivity (Wildman–Crippen MR) is 127 cm³/mol. The van der Waals surface area contributed by atoms with E-state index in [-0.39, 0.29) is 35.0 Å². The molecule has 6 atom stereocenters. The molecule has 184 valence electrons. The maximum absolute atomic E-state index is 12.8. The number of fused-ring (bicyclic) bond motifs is 2. The molecule has 32 heavy (non-hydrogen) atoms. The summed E-state index contributed by atoms with van der Waals surface area (Å²) >= 11 is 0. The Morgan fingerprint density at radius 3 is 2.25 bits per heavy atom. The smallest absolute Gasteiger partial charge is 0.362 e. The third-order valence-electron chi connectivity index (χ3n) is 9.71. The molecule has 0 aromatic carbocycles. The van der Waals surface area contributed by atoms with Crippen molar-refractivity contribution in [3.8, 4) is 0 Å². The van der Waals surface area contributed by atoms with Gasteiger partial charge in [-0.3, -0.25) is 4.79 Å². The molecule has 0 saturated heterocycles. The van der Waals surface area contributed by atoms with Crippen LogP contribution in [0.5, 0.6) is 0 Å². The molecular weight excluding hydrogens is 402 g/mol. The summed E-state index contributed by atoms with van der Waals surface area (Å²) in [4.78, 5) is 25.5. The lowest BCUT2D eigenvalue weighted by atomic mass is 9.70. The quantitative estimate of drug-likeness (QED) is 0.376. The highest BCUT2D eigenvalue weighted by atomic mass is 16.5. The van der Waals surface area contributed by atoms with Gasteiger partial charge in [0, 0.05) is 5.41 Å². The van der Waals surface area contributed by atoms with Crippen molar-refractivity contribution >= 4 is 11.9 Å². The second-order valence-corrected chi connectivity index (χ2v) is 13.0. The molecule has 0 aliphatic heterocycles. The topological polar surface area (TPSA) is 52.6 Å². The SMILES string of the molecule is CC1CCC(C(C)C)C(OC(=O)C[N+](C)(C)CCC(=O)OC2CC3CCC2(C)C3(C)C)C1. The van der Waals surface area contributed by atoms with E-state index in [1.807, 2.05) is 14.1 Å². The lowest BCUT2D eigenvalue weighted by Crippen LogP contribution is -2.47. The molecule has 5 heteroatoms. The molecule has 3 rings (SSSR count). The summed E-state index contributed by atoms with van der Waals surface area (Å²) in [5, 5.41) is 0. The number of rotatable bonds is 8. The normalized spacial score (nSPS) is 36.3. The fourth-order valence-electron chi connectivity index (χ4n) is 6.80. The zero-order valence-electron chi connectivity index (χ0n) is 21.9. The molecular formula is C27H48NO4+. The average Bonchev–Trinajstić information content (AvgIpc) is 2.99. The van der Waals surface area contributed by atoms with Crippen LogP contribution in [0.1, 0.15) is 86.5 Å². The molecule has 0 amide bonds. The Bertz CT molecular complexity index is 700. The summed E-state index contributed by atoms with van der Waals surface area (Å²) in [5.41, 5.74) is 0.326. The lowest BCUT2D eigenvalue weighted by molar-refractivity contribution is -0.882. The summed E-state index contributed by atoms with van der Waals surface area (Å²) in [6.45, 7) is 14.5. The van der Waals surface area contributed by atoms with E-state index in [0.717, 1.165) is 25.7 Å². The van der Waals surface area contributed by atoms with Crippen LogP contribution in [0.4, 0.5) is 0 Å². The van der Waals surface area contributed by atoms with E-state index >= 15 is 0 Å². The van der Waals surface area contributed by atoms with Crippen LogP contribution in [0.3, 0.4) is 0 Å². The van der Waals surface area contributed by atoms with Crippen LogP contribution >= 0.6 is 0 Å². The number of carbonyl (C=O) groups is 2. The van der Waals surface area contributed by atoms with E-state index in [4.69, 9.17) is 9.47 Å². The molecule has 0 aromatic rings. The van der Waals surface area contributed by atoms with E-state index in [9.17, 15) is 9.59 Å². The van der Waals surface area contributed by atoms with Gasteiger partial charge in [-0.1, -0.05) is 48.0 Å². The molecule has 3 aliphatic carbocycles. The van der Waals surface area contributed by atoms with Crippen LogP contribution in [0.15, 0.2) is 0 Å². The van der Waals surface area contributed by atoms with Gasteiger partial charge in [-0.25, -0.2) is 4.79 Å². The summed E-state index contributed by atoms with van der Waals surface area (Å²) in [7, 11) is 4.00. The van der Waals surface area contributed by atoms with Gasteiger partial charge in [0.05, 0.1) is 27.1 Å². The van der Waals surface area contributed by atoms with E-state index < -0.39 is 0 Å². The first-order valence-corrected chi connectivity index (χ1v) is 13.0. The van der Waals surface area contributed by atoms with Gasteiger partial charge < -0.3 is 14.0 Å². The Morgan fingerprint density at radius 2 is 1.69 bits per heavy atom. The Morgan fingerprint density at radius 1 is 1.00 bits per heavy atom. The molecule has 0 aromatic heterocycles. The van der Waals surface area contributed by atoms with Crippen LogP contribution in [0.25, 0.3) is 0 Å². The van der Waals surface area contributed by atoms with Gasteiger partial charge in [0.1, 0.15) is 12.2 Å². The average molecular weight is 451 g/mol. The van der Waals surface area contributed by atoms with Gasteiger partial charge in [0.2, 0.25) is 0 Å². The summed E-state index contributed by atoms with van der Waals surface area (Å²) < 4.78 is 12.4. The number of ether oxygens (including phenoxy) is 2. The summed E-state index contributed by atoms with van der Waals surface area (Å²) in [6, 6.07) is 0. The molecule has 5 nitrogen and oxygen atoms in total. The second-order valence-electron chi connectivity index (χ2n) is 13.0. The Labute approximate surface area is 196 Å². The summed E-state index contributed by atoms with van der Waals surface area (Å²) in [6.07, 6.45) is 7.12. The molecule has 0 radical (unpaired) electrons. The number of nitrogens with zero attached hydrogens (tertiary/aromatic N) is 1.